The zero-order valence-corrected chi connectivity index (χ0v) is 10.7. The Balaban J connectivity index is 1.41. The number of hydrogen-bond donors (Lipinski definition) is 0. The Labute approximate surface area is 109 Å². The molecule has 2 nitrogen and oxygen atoms in total. The van der Waals surface area contributed by atoms with Crippen molar-refractivity contribution in [2.24, 2.45) is 5.92 Å². The molecule has 1 saturated carbocycles. The Morgan fingerprint density at radius 3 is 2.94 bits per heavy atom. The van der Waals surface area contributed by atoms with Crippen LogP contribution >= 0.6 is 0 Å². The Kier molecular flexibility index (Phi) is 3.23. The maximum atomic E-state index is 5.81. The number of hydrogen-bond acceptors (Lipinski definition) is 2. The van der Waals surface area contributed by atoms with E-state index in [0.29, 0.717) is 12.0 Å². The molecule has 0 spiro atoms. The van der Waals surface area contributed by atoms with Crippen molar-refractivity contribution in [1.29, 1.82) is 0 Å². The van der Waals surface area contributed by atoms with Crippen LogP contribution in [0.4, 0.5) is 0 Å². The molecule has 2 aliphatic rings. The molecule has 1 heterocycles. The average molecular weight is 244 g/mol. The highest BCUT2D eigenvalue weighted by atomic mass is 16.6. The van der Waals surface area contributed by atoms with Gasteiger partial charge in [-0.1, -0.05) is 36.4 Å². The third-order valence-corrected chi connectivity index (χ3v) is 4.15. The van der Waals surface area contributed by atoms with Gasteiger partial charge in [-0.2, -0.15) is 0 Å². The number of ether oxygens (including phenoxy) is 2. The van der Waals surface area contributed by atoms with Gasteiger partial charge < -0.3 is 9.47 Å². The van der Waals surface area contributed by atoms with E-state index in [2.05, 4.69) is 30.8 Å². The summed E-state index contributed by atoms with van der Waals surface area (Å²) in [6.07, 6.45) is 5.83. The molecule has 0 amide bonds. The lowest BCUT2D eigenvalue weighted by Crippen LogP contribution is -2.24. The Bertz CT molecular complexity index is 414. The first kappa shape index (κ1) is 11.9. The molecule has 0 aromatic heterocycles. The second-order valence-corrected chi connectivity index (χ2v) is 5.41. The summed E-state index contributed by atoms with van der Waals surface area (Å²) in [6.45, 7) is 5.44. The van der Waals surface area contributed by atoms with E-state index < -0.39 is 0 Å². The molecule has 1 saturated heterocycles. The van der Waals surface area contributed by atoms with Crippen LogP contribution in [0.2, 0.25) is 0 Å². The highest BCUT2D eigenvalue weighted by Gasteiger charge is 2.56. The molecule has 2 fully saturated rings. The van der Waals surface area contributed by atoms with Gasteiger partial charge in [-0.05, 0) is 30.7 Å². The van der Waals surface area contributed by atoms with Gasteiger partial charge in [0.25, 0.3) is 0 Å². The first-order valence-corrected chi connectivity index (χ1v) is 6.75. The second-order valence-electron chi connectivity index (χ2n) is 5.41. The van der Waals surface area contributed by atoms with Gasteiger partial charge in [0, 0.05) is 6.61 Å². The van der Waals surface area contributed by atoms with Gasteiger partial charge in [0.15, 0.2) is 0 Å². The van der Waals surface area contributed by atoms with E-state index in [1.54, 1.807) is 0 Å². The van der Waals surface area contributed by atoms with Gasteiger partial charge in [0.1, 0.15) is 5.60 Å². The van der Waals surface area contributed by atoms with Crippen molar-refractivity contribution < 1.29 is 9.47 Å². The number of fused-ring (bicyclic) bond motifs is 1. The van der Waals surface area contributed by atoms with Gasteiger partial charge in [0.2, 0.25) is 0 Å². The van der Waals surface area contributed by atoms with E-state index in [1.807, 2.05) is 12.1 Å². The van der Waals surface area contributed by atoms with Crippen LogP contribution in [0, 0.1) is 5.92 Å². The SMILES string of the molecule is C=CC12CCC(COCc3ccccc3)CC1O2. The summed E-state index contributed by atoms with van der Waals surface area (Å²) in [5.41, 5.74) is 1.28. The Morgan fingerprint density at radius 2 is 2.22 bits per heavy atom. The molecule has 1 aliphatic carbocycles. The van der Waals surface area contributed by atoms with Crippen molar-refractivity contribution >= 4 is 0 Å². The fourth-order valence-corrected chi connectivity index (χ4v) is 2.90. The van der Waals surface area contributed by atoms with Crippen LogP contribution in [-0.4, -0.2) is 18.3 Å². The third-order valence-electron chi connectivity index (χ3n) is 4.15. The van der Waals surface area contributed by atoms with Crippen molar-refractivity contribution in [2.75, 3.05) is 6.61 Å². The van der Waals surface area contributed by atoms with Crippen molar-refractivity contribution in [3.63, 3.8) is 0 Å². The van der Waals surface area contributed by atoms with Crippen LogP contribution in [0.3, 0.4) is 0 Å². The van der Waals surface area contributed by atoms with Gasteiger partial charge in [-0.3, -0.25) is 0 Å². The smallest absolute Gasteiger partial charge is 0.113 e. The maximum absolute atomic E-state index is 5.81. The van der Waals surface area contributed by atoms with Gasteiger partial charge >= 0.3 is 0 Å². The molecule has 0 radical (unpaired) electrons. The molecule has 1 aromatic rings. The Morgan fingerprint density at radius 1 is 1.39 bits per heavy atom. The fraction of sp³-hybridized carbons (Fsp3) is 0.500. The summed E-state index contributed by atoms with van der Waals surface area (Å²) >= 11 is 0. The number of epoxide rings is 1. The van der Waals surface area contributed by atoms with Crippen molar-refractivity contribution in [3.8, 4) is 0 Å². The lowest BCUT2D eigenvalue weighted by molar-refractivity contribution is 0.0753. The van der Waals surface area contributed by atoms with Crippen LogP contribution in [0.5, 0.6) is 0 Å². The molecule has 1 aliphatic heterocycles. The summed E-state index contributed by atoms with van der Waals surface area (Å²) < 4.78 is 11.5. The van der Waals surface area contributed by atoms with E-state index >= 15 is 0 Å². The monoisotopic (exact) mass is 244 g/mol. The predicted octanol–water partition coefficient (Wildman–Crippen LogP) is 3.33. The second kappa shape index (κ2) is 4.87. The molecular weight excluding hydrogens is 224 g/mol. The molecular formula is C16H20O2. The molecule has 0 N–H and O–H groups in total. The molecule has 18 heavy (non-hydrogen) atoms. The normalized spacial score (nSPS) is 33.8. The minimum absolute atomic E-state index is 0.0376. The van der Waals surface area contributed by atoms with Gasteiger partial charge in [-0.15, -0.1) is 6.58 Å². The maximum Gasteiger partial charge on any atom is 0.113 e. The highest BCUT2D eigenvalue weighted by Crippen LogP contribution is 2.50. The van der Waals surface area contributed by atoms with E-state index in [9.17, 15) is 0 Å². The van der Waals surface area contributed by atoms with Crippen LogP contribution < -0.4 is 0 Å². The summed E-state index contributed by atoms with van der Waals surface area (Å²) in [5.74, 6) is 0.647. The quantitative estimate of drug-likeness (QED) is 0.585. The Hall–Kier alpha value is -1.12. The zero-order chi connectivity index (χ0) is 12.4. The first-order chi connectivity index (χ1) is 8.82. The lowest BCUT2D eigenvalue weighted by Gasteiger charge is -2.22. The van der Waals surface area contributed by atoms with E-state index in [-0.39, 0.29) is 5.60 Å². The van der Waals surface area contributed by atoms with Crippen LogP contribution in [0.1, 0.15) is 24.8 Å². The fourth-order valence-electron chi connectivity index (χ4n) is 2.90. The summed E-state index contributed by atoms with van der Waals surface area (Å²) in [6, 6.07) is 10.3. The van der Waals surface area contributed by atoms with Crippen molar-refractivity contribution in [1.82, 2.24) is 0 Å². The highest BCUT2D eigenvalue weighted by molar-refractivity contribution is 5.17. The van der Waals surface area contributed by atoms with Gasteiger partial charge in [-0.25, -0.2) is 0 Å². The van der Waals surface area contributed by atoms with E-state index in [4.69, 9.17) is 9.47 Å². The first-order valence-electron chi connectivity index (χ1n) is 6.75. The number of rotatable bonds is 5. The van der Waals surface area contributed by atoms with E-state index in [0.717, 1.165) is 26.1 Å². The predicted molar refractivity (Wildman–Crippen MR) is 71.2 cm³/mol. The lowest BCUT2D eigenvalue weighted by atomic mass is 9.82. The average Bonchev–Trinajstić information content (AvgIpc) is 3.14. The summed E-state index contributed by atoms with van der Waals surface area (Å²) in [7, 11) is 0. The summed E-state index contributed by atoms with van der Waals surface area (Å²) in [5, 5.41) is 0. The van der Waals surface area contributed by atoms with Crippen LogP contribution in [0.15, 0.2) is 43.0 Å². The van der Waals surface area contributed by atoms with Crippen LogP contribution in [-0.2, 0) is 16.1 Å². The molecule has 96 valence electrons. The van der Waals surface area contributed by atoms with E-state index in [1.165, 1.54) is 12.0 Å². The van der Waals surface area contributed by atoms with Gasteiger partial charge in [0.05, 0.1) is 12.7 Å². The minimum atomic E-state index is 0.0376. The third kappa shape index (κ3) is 2.36. The molecule has 1 aromatic carbocycles. The zero-order valence-electron chi connectivity index (χ0n) is 10.7. The largest absolute Gasteiger partial charge is 0.376 e. The van der Waals surface area contributed by atoms with Crippen molar-refractivity contribution in [2.45, 2.75) is 37.6 Å². The molecule has 0 bridgehead atoms. The van der Waals surface area contributed by atoms with Crippen molar-refractivity contribution in [3.05, 3.63) is 48.6 Å². The summed E-state index contributed by atoms with van der Waals surface area (Å²) in [4.78, 5) is 0. The molecule has 3 rings (SSSR count). The molecule has 3 unspecified atom stereocenters. The topological polar surface area (TPSA) is 21.8 Å². The molecule has 3 atom stereocenters. The van der Waals surface area contributed by atoms with Crippen LogP contribution in [0.25, 0.3) is 0 Å². The minimum Gasteiger partial charge on any atom is -0.376 e. The number of benzene rings is 1. The standard InChI is InChI=1S/C16H20O2/c1-2-16-9-8-14(10-15(16)18-16)12-17-11-13-6-4-3-5-7-13/h2-7,14-15H,1,8-12H2. The molecule has 2 heteroatoms.